The van der Waals surface area contributed by atoms with E-state index in [2.05, 4.69) is 195 Å². The van der Waals surface area contributed by atoms with E-state index >= 15 is 0 Å². The molecule has 0 heterocycles. The normalized spacial score (nSPS) is 16.4. The molecule has 10 aromatic rings. The van der Waals surface area contributed by atoms with Crippen LogP contribution in [0.3, 0.4) is 0 Å². The molecule has 1 atom stereocenters. The van der Waals surface area contributed by atoms with Crippen LogP contribution in [0.4, 0.5) is 34.1 Å². The number of hydrogen-bond donors (Lipinski definition) is 0. The van der Waals surface area contributed by atoms with Crippen molar-refractivity contribution in [1.82, 2.24) is 0 Å². The number of anilines is 6. The van der Waals surface area contributed by atoms with Crippen molar-refractivity contribution in [3.8, 4) is 44.5 Å². The lowest BCUT2D eigenvalue weighted by Crippen LogP contribution is -2.26. The van der Waals surface area contributed by atoms with Gasteiger partial charge in [-0.25, -0.2) is 0 Å². The minimum atomic E-state index is -0.834. The molecule has 0 saturated heterocycles. The lowest BCUT2D eigenvalue weighted by molar-refractivity contribution is 0.660. The molecule has 3 aliphatic carbocycles. The number of para-hydroxylation sites is 3. The van der Waals surface area contributed by atoms with Crippen molar-refractivity contribution in [3.63, 3.8) is 0 Å². The van der Waals surface area contributed by atoms with E-state index in [1.165, 1.54) is 22.3 Å². The Hall–Kier alpha value is -8.20. The Labute approximate surface area is 394 Å². The van der Waals surface area contributed by atoms with Crippen LogP contribution in [0.2, 0.25) is 0 Å². The second kappa shape index (κ2) is 14.7. The van der Waals surface area contributed by atoms with E-state index < -0.39 is 11.5 Å². The molecule has 0 amide bonds. The molecule has 1 spiro atoms. The molecule has 1 unspecified atom stereocenters. The Morgan fingerprint density at radius 1 is 0.318 bits per heavy atom. The van der Waals surface area contributed by atoms with Gasteiger partial charge in [0.05, 0.1) is 12.3 Å². The predicted molar refractivity (Wildman–Crippen MR) is 275 cm³/mol. The average molecular weight is 848 g/mol. The second-order valence-electron chi connectivity index (χ2n) is 18.1. The van der Waals surface area contributed by atoms with Crippen LogP contribution in [0.15, 0.2) is 243 Å². The first-order valence-corrected chi connectivity index (χ1v) is 22.7. The summed E-state index contributed by atoms with van der Waals surface area (Å²) in [6, 6.07) is 73.7. The Balaban J connectivity index is 1.10. The molecule has 3 aliphatic rings. The molecule has 0 fully saturated rings. The van der Waals surface area contributed by atoms with Gasteiger partial charge in [0.1, 0.15) is 0 Å². The highest BCUT2D eigenvalue weighted by atomic mass is 15.1. The van der Waals surface area contributed by atoms with E-state index in [0.717, 1.165) is 72.7 Å². The maximum atomic E-state index is 9.28. The SMILES string of the molecule is [2H]c1c([2H])c([2H])c(N(c2ccccc2)c2ccc3c(c2)C2(c4ccccc4-c4ccc(N(c5ccccc5)c5ccc6c(c5)C(C)(C)c5ccccc5-6)cc42)c2cccc(-c4ccccc4)c2-3)c([2H])c1[2H]. The molecule has 0 aliphatic heterocycles. The summed E-state index contributed by atoms with van der Waals surface area (Å²) in [4.78, 5) is 4.22. The maximum absolute atomic E-state index is 9.28. The predicted octanol–water partition coefficient (Wildman–Crippen LogP) is 16.9. The highest BCUT2D eigenvalue weighted by molar-refractivity contribution is 6.01. The van der Waals surface area contributed by atoms with Crippen LogP contribution < -0.4 is 9.80 Å². The summed E-state index contributed by atoms with van der Waals surface area (Å²) in [6.45, 7) is 4.66. The molecular formula is C64H46N2. The van der Waals surface area contributed by atoms with Gasteiger partial charge in [0.2, 0.25) is 0 Å². The molecule has 0 N–H and O–H groups in total. The number of benzene rings is 10. The summed E-state index contributed by atoms with van der Waals surface area (Å²) >= 11 is 0. The Morgan fingerprint density at radius 2 is 0.758 bits per heavy atom. The fourth-order valence-electron chi connectivity index (χ4n) is 11.5. The molecule has 0 radical (unpaired) electrons. The summed E-state index contributed by atoms with van der Waals surface area (Å²) in [5.41, 5.74) is 20.0. The molecular weight excluding hydrogens is 797 g/mol. The number of hydrogen-bond acceptors (Lipinski definition) is 2. The summed E-state index contributed by atoms with van der Waals surface area (Å²) in [5.74, 6) is 0. The van der Waals surface area contributed by atoms with E-state index in [1.807, 2.05) is 41.3 Å². The first kappa shape index (κ1) is 33.3. The first-order chi connectivity index (χ1) is 34.6. The number of nitrogens with zero attached hydrogens (tertiary/aromatic N) is 2. The monoisotopic (exact) mass is 847 g/mol. The van der Waals surface area contributed by atoms with E-state index in [-0.39, 0.29) is 35.3 Å². The zero-order valence-electron chi connectivity index (χ0n) is 41.6. The van der Waals surface area contributed by atoms with Crippen LogP contribution in [0.25, 0.3) is 44.5 Å². The zero-order valence-corrected chi connectivity index (χ0v) is 36.6. The minimum Gasteiger partial charge on any atom is -0.310 e. The molecule has 2 heteroatoms. The smallest absolute Gasteiger partial charge is 0.0727 e. The lowest BCUT2D eigenvalue weighted by Gasteiger charge is -2.33. The van der Waals surface area contributed by atoms with Gasteiger partial charge in [-0.05, 0) is 151 Å². The van der Waals surface area contributed by atoms with Crippen LogP contribution >= 0.6 is 0 Å². The summed E-state index contributed by atoms with van der Waals surface area (Å²) in [5, 5.41) is 0. The van der Waals surface area contributed by atoms with Gasteiger partial charge in [0, 0.05) is 39.5 Å². The molecule has 13 rings (SSSR count). The molecule has 2 nitrogen and oxygen atoms in total. The third-order valence-corrected chi connectivity index (χ3v) is 14.3. The maximum Gasteiger partial charge on any atom is 0.0727 e. The topological polar surface area (TPSA) is 6.48 Å². The van der Waals surface area contributed by atoms with E-state index in [9.17, 15) is 2.74 Å². The minimum absolute atomic E-state index is 0.0883. The third kappa shape index (κ3) is 5.48. The average Bonchev–Trinajstić information content (AvgIpc) is 3.97. The molecule has 312 valence electrons. The van der Waals surface area contributed by atoms with Crippen molar-refractivity contribution in [3.05, 3.63) is 276 Å². The van der Waals surface area contributed by atoms with Crippen LogP contribution in [0, 0.1) is 0 Å². The van der Waals surface area contributed by atoms with Gasteiger partial charge in [0.15, 0.2) is 0 Å². The Bertz CT molecular complexity index is 3790. The van der Waals surface area contributed by atoms with Crippen LogP contribution in [0.1, 0.15) is 54.1 Å². The summed E-state index contributed by atoms with van der Waals surface area (Å²) < 4.78 is 44.7. The second-order valence-corrected chi connectivity index (χ2v) is 18.1. The molecule has 0 aromatic heterocycles. The van der Waals surface area contributed by atoms with E-state index in [0.29, 0.717) is 11.4 Å². The van der Waals surface area contributed by atoms with Gasteiger partial charge in [-0.3, -0.25) is 0 Å². The molecule has 66 heavy (non-hydrogen) atoms. The van der Waals surface area contributed by atoms with Crippen molar-refractivity contribution in [2.75, 3.05) is 9.80 Å². The van der Waals surface area contributed by atoms with Gasteiger partial charge in [-0.2, -0.15) is 0 Å². The number of rotatable bonds is 7. The third-order valence-electron chi connectivity index (χ3n) is 14.3. The first-order valence-electron chi connectivity index (χ1n) is 25.2. The van der Waals surface area contributed by atoms with Gasteiger partial charge >= 0.3 is 0 Å². The molecule has 0 saturated carbocycles. The summed E-state index contributed by atoms with van der Waals surface area (Å²) in [6.07, 6.45) is 0. The fraction of sp³-hybridized carbons (Fsp3) is 0.0625. The highest BCUT2D eigenvalue weighted by Gasteiger charge is 2.53. The van der Waals surface area contributed by atoms with Crippen molar-refractivity contribution >= 4 is 34.1 Å². The van der Waals surface area contributed by atoms with Gasteiger partial charge in [-0.15, -0.1) is 0 Å². The van der Waals surface area contributed by atoms with Crippen LogP contribution in [0.5, 0.6) is 0 Å². The summed E-state index contributed by atoms with van der Waals surface area (Å²) in [7, 11) is 0. The van der Waals surface area contributed by atoms with Crippen molar-refractivity contribution in [2.24, 2.45) is 0 Å². The molecule has 10 aromatic carbocycles. The number of fused-ring (bicyclic) bond motifs is 13. The Kier molecular flexibility index (Phi) is 7.41. The quantitative estimate of drug-likeness (QED) is 0.158. The fourth-order valence-corrected chi connectivity index (χ4v) is 11.5. The largest absolute Gasteiger partial charge is 0.310 e. The zero-order chi connectivity index (χ0) is 48.3. The van der Waals surface area contributed by atoms with Crippen molar-refractivity contribution in [1.29, 1.82) is 0 Å². The van der Waals surface area contributed by atoms with Crippen molar-refractivity contribution in [2.45, 2.75) is 24.7 Å². The lowest BCUT2D eigenvalue weighted by atomic mass is 9.70. The van der Waals surface area contributed by atoms with Crippen LogP contribution in [-0.4, -0.2) is 0 Å². The van der Waals surface area contributed by atoms with Crippen molar-refractivity contribution < 1.29 is 6.85 Å². The van der Waals surface area contributed by atoms with Crippen LogP contribution in [-0.2, 0) is 10.8 Å². The molecule has 0 bridgehead atoms. The van der Waals surface area contributed by atoms with E-state index in [1.54, 1.807) is 0 Å². The van der Waals surface area contributed by atoms with E-state index in [4.69, 9.17) is 4.11 Å². The van der Waals surface area contributed by atoms with Gasteiger partial charge in [-0.1, -0.05) is 184 Å². The Morgan fingerprint density at radius 3 is 1.39 bits per heavy atom. The van der Waals surface area contributed by atoms with Gasteiger partial charge in [0.25, 0.3) is 0 Å². The van der Waals surface area contributed by atoms with Gasteiger partial charge < -0.3 is 9.80 Å². The standard InChI is InChI=1S/C64H46N2/c1-63(2)56-31-17-15-28-51(56)53-37-34-47(40-59(53)63)66(46-26-13-6-14-27-46)49-35-38-54-52-29-16-18-32-57(52)64(60(54)41-49)58-33-19-30-50(43-20-7-3-8-21-43)62(58)55-39-36-48(42-61(55)64)65(44-22-9-4-10-23-44)45-24-11-5-12-25-45/h3-42H,1-2H3/i4D,9D,10D,22D,23D. The highest BCUT2D eigenvalue weighted by Crippen LogP contribution is 2.65.